The molecule has 6 heteroatoms. The summed E-state index contributed by atoms with van der Waals surface area (Å²) >= 11 is 0. The quantitative estimate of drug-likeness (QED) is 0.227. The van der Waals surface area contributed by atoms with Crippen molar-refractivity contribution in [3.05, 3.63) is 107 Å². The number of nitrogens with one attached hydrogen (secondary N) is 3. The first-order valence-electron chi connectivity index (χ1n) is 10.6. The summed E-state index contributed by atoms with van der Waals surface area (Å²) < 4.78 is 0. The van der Waals surface area contributed by atoms with Crippen molar-refractivity contribution < 1.29 is 4.79 Å². The molecule has 5 nitrogen and oxygen atoms in total. The predicted octanol–water partition coefficient (Wildman–Crippen LogP) is 4.20. The van der Waals surface area contributed by atoms with E-state index in [9.17, 15) is 4.79 Å². The smallest absolute Gasteiger partial charge is 0.251 e. The SMILES string of the molecule is CN=C(NCCc1cccc(C(=O)NC)c1)NCC(c1ccccc1)c1ccccc1.I. The molecule has 0 unspecified atom stereocenters. The Balaban J connectivity index is 0.00000363. The highest BCUT2D eigenvalue weighted by Crippen LogP contribution is 2.23. The number of nitrogens with zero attached hydrogens (tertiary/aromatic N) is 1. The summed E-state index contributed by atoms with van der Waals surface area (Å²) in [4.78, 5) is 16.2. The fourth-order valence-corrected chi connectivity index (χ4v) is 3.56. The van der Waals surface area contributed by atoms with Gasteiger partial charge in [-0.2, -0.15) is 0 Å². The summed E-state index contributed by atoms with van der Waals surface area (Å²) in [5.41, 5.74) is 4.32. The molecule has 3 aromatic carbocycles. The van der Waals surface area contributed by atoms with E-state index in [4.69, 9.17) is 0 Å². The Hall–Kier alpha value is -2.87. The van der Waals surface area contributed by atoms with Crippen LogP contribution in [0.4, 0.5) is 0 Å². The largest absolute Gasteiger partial charge is 0.356 e. The minimum Gasteiger partial charge on any atom is -0.356 e. The van der Waals surface area contributed by atoms with E-state index < -0.39 is 0 Å². The molecule has 0 saturated carbocycles. The van der Waals surface area contributed by atoms with E-state index in [1.54, 1.807) is 14.1 Å². The van der Waals surface area contributed by atoms with Gasteiger partial charge < -0.3 is 16.0 Å². The third-order valence-corrected chi connectivity index (χ3v) is 5.22. The standard InChI is InChI=1S/C26H30N4O.HI/c1-27-25(31)23-15-9-10-20(18-23)16-17-29-26(28-2)30-19-24(21-11-5-3-6-12-21)22-13-7-4-8-14-22;/h3-15,18,24H,16-17,19H2,1-2H3,(H,27,31)(H2,28,29,30);1H. The summed E-state index contributed by atoms with van der Waals surface area (Å²) in [6.07, 6.45) is 0.798. The maximum absolute atomic E-state index is 11.8. The van der Waals surface area contributed by atoms with Gasteiger partial charge >= 0.3 is 0 Å². The Morgan fingerprint density at radius 3 is 2.06 bits per heavy atom. The number of hydrogen-bond donors (Lipinski definition) is 3. The first-order valence-corrected chi connectivity index (χ1v) is 10.6. The molecule has 168 valence electrons. The number of guanidine groups is 1. The lowest BCUT2D eigenvalue weighted by atomic mass is 9.91. The van der Waals surface area contributed by atoms with Crippen LogP contribution in [0.1, 0.15) is 33.0 Å². The Bertz CT molecular complexity index is 953. The highest BCUT2D eigenvalue weighted by atomic mass is 127. The van der Waals surface area contributed by atoms with Gasteiger partial charge in [0.1, 0.15) is 0 Å². The molecule has 0 spiro atoms. The third-order valence-electron chi connectivity index (χ3n) is 5.22. The second-order valence-corrected chi connectivity index (χ2v) is 7.28. The predicted molar refractivity (Wildman–Crippen MR) is 143 cm³/mol. The van der Waals surface area contributed by atoms with Crippen molar-refractivity contribution in [3.8, 4) is 0 Å². The van der Waals surface area contributed by atoms with Crippen LogP contribution in [0, 0.1) is 0 Å². The Morgan fingerprint density at radius 1 is 0.875 bits per heavy atom. The van der Waals surface area contributed by atoms with Gasteiger partial charge in [-0.25, -0.2) is 0 Å². The fourth-order valence-electron chi connectivity index (χ4n) is 3.56. The molecule has 3 N–H and O–H groups in total. The van der Waals surface area contributed by atoms with Gasteiger partial charge in [-0.05, 0) is 35.2 Å². The van der Waals surface area contributed by atoms with Crippen LogP contribution in [-0.2, 0) is 6.42 Å². The molecule has 32 heavy (non-hydrogen) atoms. The molecule has 0 fully saturated rings. The van der Waals surface area contributed by atoms with Gasteiger partial charge in [0.15, 0.2) is 5.96 Å². The van der Waals surface area contributed by atoms with Gasteiger partial charge in [0.05, 0.1) is 0 Å². The number of halogens is 1. The zero-order chi connectivity index (χ0) is 21.9. The third kappa shape index (κ3) is 7.37. The molecule has 0 heterocycles. The molecule has 0 bridgehead atoms. The number of carbonyl (C=O) groups is 1. The molecule has 1 amide bonds. The maximum atomic E-state index is 11.8. The lowest BCUT2D eigenvalue weighted by Crippen LogP contribution is -2.40. The van der Waals surface area contributed by atoms with E-state index in [0.717, 1.165) is 31.0 Å². The van der Waals surface area contributed by atoms with Crippen molar-refractivity contribution in [3.63, 3.8) is 0 Å². The molecule has 0 saturated heterocycles. The van der Waals surface area contributed by atoms with Crippen molar-refractivity contribution in [2.75, 3.05) is 27.2 Å². The van der Waals surface area contributed by atoms with Crippen LogP contribution < -0.4 is 16.0 Å². The zero-order valence-corrected chi connectivity index (χ0v) is 20.9. The van der Waals surface area contributed by atoms with Gasteiger partial charge in [-0.1, -0.05) is 72.8 Å². The highest BCUT2D eigenvalue weighted by Gasteiger charge is 2.14. The second-order valence-electron chi connectivity index (χ2n) is 7.28. The lowest BCUT2D eigenvalue weighted by Gasteiger charge is -2.20. The van der Waals surface area contributed by atoms with Crippen LogP contribution >= 0.6 is 24.0 Å². The van der Waals surface area contributed by atoms with Crippen LogP contribution in [0.15, 0.2) is 89.9 Å². The summed E-state index contributed by atoms with van der Waals surface area (Å²) in [7, 11) is 3.42. The molecule has 3 rings (SSSR count). The number of carbonyl (C=O) groups excluding carboxylic acids is 1. The van der Waals surface area contributed by atoms with Crippen molar-refractivity contribution in [2.24, 2.45) is 4.99 Å². The molecule has 0 aliphatic carbocycles. The summed E-state index contributed by atoms with van der Waals surface area (Å²) in [6.45, 7) is 1.46. The fraction of sp³-hybridized carbons (Fsp3) is 0.231. The second kappa shape index (κ2) is 13.5. The zero-order valence-electron chi connectivity index (χ0n) is 18.5. The molecule has 0 radical (unpaired) electrons. The van der Waals surface area contributed by atoms with Crippen molar-refractivity contribution >= 4 is 35.8 Å². The van der Waals surface area contributed by atoms with Gasteiger partial charge in [-0.3, -0.25) is 9.79 Å². The molecule has 0 atom stereocenters. The van der Waals surface area contributed by atoms with Crippen LogP contribution in [0.25, 0.3) is 0 Å². The van der Waals surface area contributed by atoms with Crippen LogP contribution in [0.2, 0.25) is 0 Å². The number of aliphatic imine (C=N–C) groups is 1. The van der Waals surface area contributed by atoms with Crippen LogP contribution in [0.3, 0.4) is 0 Å². The minimum atomic E-state index is -0.0693. The number of amides is 1. The lowest BCUT2D eigenvalue weighted by molar-refractivity contribution is 0.0963. The van der Waals surface area contributed by atoms with Crippen LogP contribution in [-0.4, -0.2) is 39.1 Å². The Kier molecular flexibility index (Phi) is 10.7. The number of benzene rings is 3. The number of rotatable bonds is 8. The molecule has 0 aliphatic heterocycles. The first-order chi connectivity index (χ1) is 15.2. The molecular weight excluding hydrogens is 511 g/mol. The average molecular weight is 542 g/mol. The van der Waals surface area contributed by atoms with E-state index in [1.807, 2.05) is 36.4 Å². The van der Waals surface area contributed by atoms with Gasteiger partial charge in [-0.15, -0.1) is 24.0 Å². The topological polar surface area (TPSA) is 65.5 Å². The van der Waals surface area contributed by atoms with E-state index in [1.165, 1.54) is 11.1 Å². The van der Waals surface area contributed by atoms with Crippen molar-refractivity contribution in [2.45, 2.75) is 12.3 Å². The van der Waals surface area contributed by atoms with Crippen LogP contribution in [0.5, 0.6) is 0 Å². The molecule has 3 aromatic rings. The summed E-state index contributed by atoms with van der Waals surface area (Å²) in [5, 5.41) is 9.51. The van der Waals surface area contributed by atoms with Crippen molar-refractivity contribution in [1.82, 2.24) is 16.0 Å². The van der Waals surface area contributed by atoms with Gasteiger partial charge in [0.2, 0.25) is 0 Å². The summed E-state index contributed by atoms with van der Waals surface area (Å²) in [5.74, 6) is 0.921. The maximum Gasteiger partial charge on any atom is 0.251 e. The van der Waals surface area contributed by atoms with Gasteiger partial charge in [0, 0.05) is 38.7 Å². The van der Waals surface area contributed by atoms with E-state index in [2.05, 4.69) is 69.5 Å². The normalized spacial score (nSPS) is 10.9. The Morgan fingerprint density at radius 2 is 1.50 bits per heavy atom. The first kappa shape index (κ1) is 25.4. The molecule has 0 aliphatic rings. The van der Waals surface area contributed by atoms with E-state index in [0.29, 0.717) is 5.56 Å². The van der Waals surface area contributed by atoms with E-state index >= 15 is 0 Å². The summed E-state index contributed by atoms with van der Waals surface area (Å²) in [6, 6.07) is 28.7. The average Bonchev–Trinajstić information content (AvgIpc) is 2.84. The van der Waals surface area contributed by atoms with Gasteiger partial charge in [0.25, 0.3) is 5.91 Å². The monoisotopic (exact) mass is 542 g/mol. The molecule has 0 aromatic heterocycles. The minimum absolute atomic E-state index is 0. The Labute approximate surface area is 207 Å². The van der Waals surface area contributed by atoms with Crippen molar-refractivity contribution in [1.29, 1.82) is 0 Å². The number of hydrogen-bond acceptors (Lipinski definition) is 2. The molecular formula is C26H31IN4O. The highest BCUT2D eigenvalue weighted by molar-refractivity contribution is 14.0. The van der Waals surface area contributed by atoms with E-state index in [-0.39, 0.29) is 35.8 Å².